The molecule has 8 aromatic carbocycles. The van der Waals surface area contributed by atoms with Crippen LogP contribution in [0, 0.1) is 0 Å². The fraction of sp³-hybridized carbons (Fsp3) is 0. The molecule has 0 aliphatic carbocycles. The van der Waals surface area contributed by atoms with Gasteiger partial charge in [0.1, 0.15) is 11.2 Å². The number of hydrogen-bond acceptors (Lipinski definition) is 4. The van der Waals surface area contributed by atoms with Crippen molar-refractivity contribution in [3.8, 4) is 62.1 Å². The molecule has 0 saturated carbocycles. The van der Waals surface area contributed by atoms with E-state index in [2.05, 4.69) is 150 Å². The molecule has 0 N–H and O–H groups in total. The predicted octanol–water partition coefficient (Wildman–Crippen LogP) is 13.2. The standard InChI is InChI=1S/C51H32N4O/c1-4-13-33(14-5-1)35-23-26-40(27-24-35)55-44-22-11-10-21-41(44)42-28-30-46-47(48(42)55)43-32-39(25-29-45(43)56-46)51-53-49(36-17-8-3-9-18-36)52-50(54-51)38-20-12-19-37(31-38)34-15-6-2-7-16-34/h1-32H. The number of nitrogens with zero attached hydrogens (tertiary/aromatic N) is 4. The fourth-order valence-corrected chi connectivity index (χ4v) is 7.98. The minimum atomic E-state index is 0.597. The van der Waals surface area contributed by atoms with Crippen LogP contribution in [0.4, 0.5) is 0 Å². The molecule has 0 spiro atoms. The number of fused-ring (bicyclic) bond motifs is 7. The molecule has 5 nitrogen and oxygen atoms in total. The molecular formula is C51H32N4O. The van der Waals surface area contributed by atoms with Gasteiger partial charge in [-0.25, -0.2) is 15.0 Å². The third-order valence-corrected chi connectivity index (χ3v) is 10.7. The molecule has 262 valence electrons. The Bertz CT molecular complexity index is 3220. The highest BCUT2D eigenvalue weighted by molar-refractivity contribution is 6.24. The van der Waals surface area contributed by atoms with Gasteiger partial charge in [-0.1, -0.05) is 140 Å². The molecule has 56 heavy (non-hydrogen) atoms. The Morgan fingerprint density at radius 3 is 1.57 bits per heavy atom. The van der Waals surface area contributed by atoms with Crippen LogP contribution in [-0.4, -0.2) is 19.5 Å². The molecule has 0 fully saturated rings. The molecule has 3 heterocycles. The highest BCUT2D eigenvalue weighted by Gasteiger charge is 2.21. The van der Waals surface area contributed by atoms with Crippen molar-refractivity contribution in [1.82, 2.24) is 19.5 Å². The zero-order chi connectivity index (χ0) is 37.0. The van der Waals surface area contributed by atoms with Crippen LogP contribution in [0.1, 0.15) is 0 Å². The van der Waals surface area contributed by atoms with Crippen LogP contribution < -0.4 is 0 Å². The lowest BCUT2D eigenvalue weighted by molar-refractivity contribution is 0.669. The summed E-state index contributed by atoms with van der Waals surface area (Å²) in [5, 5.41) is 4.41. The normalized spacial score (nSPS) is 11.6. The maximum Gasteiger partial charge on any atom is 0.164 e. The summed E-state index contributed by atoms with van der Waals surface area (Å²) in [5.41, 5.74) is 12.3. The average Bonchev–Trinajstić information content (AvgIpc) is 3.83. The van der Waals surface area contributed by atoms with Crippen molar-refractivity contribution in [1.29, 1.82) is 0 Å². The van der Waals surface area contributed by atoms with Crippen molar-refractivity contribution in [2.24, 2.45) is 0 Å². The van der Waals surface area contributed by atoms with Gasteiger partial charge in [-0.2, -0.15) is 0 Å². The summed E-state index contributed by atoms with van der Waals surface area (Å²) in [6.45, 7) is 0. The predicted molar refractivity (Wildman–Crippen MR) is 229 cm³/mol. The van der Waals surface area contributed by atoms with Gasteiger partial charge >= 0.3 is 0 Å². The van der Waals surface area contributed by atoms with E-state index in [0.717, 1.165) is 66.5 Å². The lowest BCUT2D eigenvalue weighted by atomic mass is 10.0. The van der Waals surface area contributed by atoms with E-state index in [1.54, 1.807) is 0 Å². The Hall–Kier alpha value is -7.63. The van der Waals surface area contributed by atoms with Gasteiger partial charge in [0.25, 0.3) is 0 Å². The maximum absolute atomic E-state index is 6.59. The monoisotopic (exact) mass is 716 g/mol. The molecule has 5 heteroatoms. The van der Waals surface area contributed by atoms with Crippen LogP contribution in [0.2, 0.25) is 0 Å². The van der Waals surface area contributed by atoms with Crippen molar-refractivity contribution in [3.63, 3.8) is 0 Å². The molecule has 0 atom stereocenters. The molecule has 0 bridgehead atoms. The summed E-state index contributed by atoms with van der Waals surface area (Å²) in [7, 11) is 0. The quantitative estimate of drug-likeness (QED) is 0.172. The zero-order valence-corrected chi connectivity index (χ0v) is 30.2. The molecule has 0 amide bonds. The molecule has 0 unspecified atom stereocenters. The SMILES string of the molecule is c1ccc(-c2ccc(-n3c4ccccc4c4ccc5oc6ccc(-c7nc(-c8ccccc8)nc(-c8cccc(-c9ccccc9)c8)n7)cc6c5c43)cc2)cc1. The second kappa shape index (κ2) is 13.0. The van der Waals surface area contributed by atoms with E-state index < -0.39 is 0 Å². The summed E-state index contributed by atoms with van der Waals surface area (Å²) < 4.78 is 8.96. The minimum Gasteiger partial charge on any atom is -0.456 e. The van der Waals surface area contributed by atoms with E-state index in [4.69, 9.17) is 19.4 Å². The highest BCUT2D eigenvalue weighted by atomic mass is 16.3. The van der Waals surface area contributed by atoms with Gasteiger partial charge in [-0.3, -0.25) is 0 Å². The van der Waals surface area contributed by atoms with E-state index in [0.29, 0.717) is 17.5 Å². The Morgan fingerprint density at radius 2 is 0.857 bits per heavy atom. The van der Waals surface area contributed by atoms with Gasteiger partial charge in [-0.15, -0.1) is 0 Å². The maximum atomic E-state index is 6.59. The Labute approximate surface area is 322 Å². The summed E-state index contributed by atoms with van der Waals surface area (Å²) in [4.78, 5) is 15.3. The van der Waals surface area contributed by atoms with E-state index in [1.165, 1.54) is 21.9 Å². The van der Waals surface area contributed by atoms with E-state index >= 15 is 0 Å². The second-order valence-electron chi connectivity index (χ2n) is 14.0. The first kappa shape index (κ1) is 31.9. The number of benzene rings is 8. The van der Waals surface area contributed by atoms with Crippen LogP contribution >= 0.6 is 0 Å². The number of hydrogen-bond donors (Lipinski definition) is 0. The Kier molecular flexibility index (Phi) is 7.42. The van der Waals surface area contributed by atoms with Gasteiger partial charge in [0, 0.05) is 38.5 Å². The molecule has 3 aromatic heterocycles. The largest absolute Gasteiger partial charge is 0.456 e. The fourth-order valence-electron chi connectivity index (χ4n) is 7.98. The van der Waals surface area contributed by atoms with Gasteiger partial charge in [0.2, 0.25) is 0 Å². The number of furan rings is 1. The van der Waals surface area contributed by atoms with E-state index in [1.807, 2.05) is 48.5 Å². The van der Waals surface area contributed by atoms with Crippen LogP contribution in [-0.2, 0) is 0 Å². The first-order valence-electron chi connectivity index (χ1n) is 18.8. The first-order valence-corrected chi connectivity index (χ1v) is 18.8. The molecule has 0 aliphatic rings. The Morgan fingerprint density at radius 1 is 0.339 bits per heavy atom. The molecule has 11 rings (SSSR count). The Balaban J connectivity index is 1.12. The molecular weight excluding hydrogens is 685 g/mol. The summed E-state index contributed by atoms with van der Waals surface area (Å²) in [6, 6.07) is 67.4. The van der Waals surface area contributed by atoms with Crippen molar-refractivity contribution < 1.29 is 4.42 Å². The zero-order valence-electron chi connectivity index (χ0n) is 30.2. The van der Waals surface area contributed by atoms with E-state index in [-0.39, 0.29) is 0 Å². The lowest BCUT2D eigenvalue weighted by Gasteiger charge is -2.11. The van der Waals surface area contributed by atoms with Gasteiger partial charge in [0.05, 0.1) is 16.4 Å². The highest BCUT2D eigenvalue weighted by Crippen LogP contribution is 2.42. The van der Waals surface area contributed by atoms with Crippen LogP contribution in [0.3, 0.4) is 0 Å². The van der Waals surface area contributed by atoms with Gasteiger partial charge in [-0.05, 0) is 76.9 Å². The average molecular weight is 717 g/mol. The number of aromatic nitrogens is 4. The van der Waals surface area contributed by atoms with E-state index in [9.17, 15) is 0 Å². The molecule has 11 aromatic rings. The van der Waals surface area contributed by atoms with Crippen LogP contribution in [0.25, 0.3) is 106 Å². The lowest BCUT2D eigenvalue weighted by Crippen LogP contribution is -2.00. The third-order valence-electron chi connectivity index (χ3n) is 10.7. The van der Waals surface area contributed by atoms with Gasteiger partial charge < -0.3 is 8.98 Å². The topological polar surface area (TPSA) is 56.7 Å². The third kappa shape index (κ3) is 5.37. The number of rotatable bonds is 6. The summed E-state index contributed by atoms with van der Waals surface area (Å²) in [5.74, 6) is 1.83. The second-order valence-corrected chi connectivity index (χ2v) is 14.0. The summed E-state index contributed by atoms with van der Waals surface area (Å²) >= 11 is 0. The minimum absolute atomic E-state index is 0.597. The van der Waals surface area contributed by atoms with Crippen molar-refractivity contribution in [2.45, 2.75) is 0 Å². The van der Waals surface area contributed by atoms with Gasteiger partial charge in [0.15, 0.2) is 17.5 Å². The van der Waals surface area contributed by atoms with Crippen molar-refractivity contribution in [2.75, 3.05) is 0 Å². The smallest absolute Gasteiger partial charge is 0.164 e. The van der Waals surface area contributed by atoms with Crippen LogP contribution in [0.15, 0.2) is 199 Å². The first-order chi connectivity index (χ1) is 27.7. The van der Waals surface area contributed by atoms with Crippen molar-refractivity contribution in [3.05, 3.63) is 194 Å². The molecule has 0 aliphatic heterocycles. The van der Waals surface area contributed by atoms with Crippen molar-refractivity contribution >= 4 is 43.7 Å². The summed E-state index contributed by atoms with van der Waals surface area (Å²) in [6.07, 6.45) is 0. The molecule has 0 radical (unpaired) electrons. The number of para-hydroxylation sites is 1. The van der Waals surface area contributed by atoms with Crippen LogP contribution in [0.5, 0.6) is 0 Å². The molecule has 0 saturated heterocycles.